The van der Waals surface area contributed by atoms with Crippen molar-refractivity contribution >= 4 is 6.03 Å². The number of aryl methyl sites for hydroxylation is 1. The van der Waals surface area contributed by atoms with E-state index in [0.29, 0.717) is 30.9 Å². The summed E-state index contributed by atoms with van der Waals surface area (Å²) in [7, 11) is 0. The highest BCUT2D eigenvalue weighted by Crippen LogP contribution is 2.24. The summed E-state index contributed by atoms with van der Waals surface area (Å²) in [6.07, 6.45) is 0.673. The number of nitrogens with zero attached hydrogens (tertiary/aromatic N) is 3. The minimum Gasteiger partial charge on any atom is -0.336 e. The van der Waals surface area contributed by atoms with Crippen LogP contribution in [0.3, 0.4) is 0 Å². The van der Waals surface area contributed by atoms with Crippen molar-refractivity contribution in [1.82, 2.24) is 20.2 Å². The number of amides is 2. The van der Waals surface area contributed by atoms with Gasteiger partial charge < -0.3 is 10.2 Å². The summed E-state index contributed by atoms with van der Waals surface area (Å²) in [5.74, 6) is 0.230. The van der Waals surface area contributed by atoms with E-state index < -0.39 is 0 Å². The number of halogens is 1. The Labute approximate surface area is 140 Å². The second-order valence-corrected chi connectivity index (χ2v) is 6.34. The largest absolute Gasteiger partial charge is 0.336 e. The highest BCUT2D eigenvalue weighted by molar-refractivity contribution is 5.74. The van der Waals surface area contributed by atoms with Crippen LogP contribution in [0.2, 0.25) is 0 Å². The molecule has 0 spiro atoms. The first-order chi connectivity index (χ1) is 11.4. The van der Waals surface area contributed by atoms with E-state index in [2.05, 4.69) is 15.3 Å². The fourth-order valence-corrected chi connectivity index (χ4v) is 2.85. The maximum atomic E-state index is 13.4. The van der Waals surface area contributed by atoms with Crippen molar-refractivity contribution in [3.8, 4) is 11.4 Å². The molecule has 1 aromatic heterocycles. The number of rotatable bonds is 2. The molecule has 0 bridgehead atoms. The van der Waals surface area contributed by atoms with Crippen LogP contribution in [0.5, 0.6) is 0 Å². The number of carbonyl (C=O) groups is 1. The lowest BCUT2D eigenvalue weighted by Gasteiger charge is -2.30. The number of benzene rings is 1. The molecule has 126 valence electrons. The van der Waals surface area contributed by atoms with Crippen LogP contribution in [-0.2, 0) is 13.0 Å². The highest BCUT2D eigenvalue weighted by atomic mass is 19.1. The van der Waals surface area contributed by atoms with Crippen LogP contribution in [0.15, 0.2) is 24.3 Å². The average Bonchev–Trinajstić information content (AvgIpc) is 2.54. The molecular weight excluding hydrogens is 307 g/mol. The van der Waals surface area contributed by atoms with E-state index in [4.69, 9.17) is 0 Å². The third-order valence-corrected chi connectivity index (χ3v) is 4.05. The molecular formula is C18H21FN4O. The molecule has 3 rings (SSSR count). The molecule has 5 nitrogen and oxygen atoms in total. The van der Waals surface area contributed by atoms with Crippen molar-refractivity contribution in [1.29, 1.82) is 0 Å². The fraction of sp³-hybridized carbons (Fsp3) is 0.389. The van der Waals surface area contributed by atoms with Crippen LogP contribution in [0, 0.1) is 12.7 Å². The zero-order valence-corrected chi connectivity index (χ0v) is 14.1. The number of aromatic nitrogens is 2. The Hall–Kier alpha value is -2.50. The van der Waals surface area contributed by atoms with Gasteiger partial charge in [-0.1, -0.05) is 12.1 Å². The summed E-state index contributed by atoms with van der Waals surface area (Å²) in [5.41, 5.74) is 3.43. The molecule has 0 unspecified atom stereocenters. The molecule has 1 aliphatic rings. The molecule has 2 heterocycles. The van der Waals surface area contributed by atoms with Gasteiger partial charge in [0.25, 0.3) is 0 Å². The Balaban J connectivity index is 1.88. The molecule has 2 amide bonds. The van der Waals surface area contributed by atoms with Gasteiger partial charge in [0.15, 0.2) is 5.82 Å². The van der Waals surface area contributed by atoms with Crippen LogP contribution in [0.4, 0.5) is 9.18 Å². The van der Waals surface area contributed by atoms with E-state index >= 15 is 0 Å². The summed E-state index contributed by atoms with van der Waals surface area (Å²) in [6.45, 7) is 6.91. The maximum absolute atomic E-state index is 13.4. The Kier molecular flexibility index (Phi) is 4.46. The van der Waals surface area contributed by atoms with Gasteiger partial charge >= 0.3 is 6.03 Å². The summed E-state index contributed by atoms with van der Waals surface area (Å²) in [5, 5.41) is 2.91. The Bertz CT molecular complexity index is 776. The van der Waals surface area contributed by atoms with E-state index in [0.717, 1.165) is 17.0 Å². The molecule has 0 atom stereocenters. The number of hydrogen-bond donors (Lipinski definition) is 1. The Morgan fingerprint density at radius 2 is 2.12 bits per heavy atom. The van der Waals surface area contributed by atoms with Crippen molar-refractivity contribution < 1.29 is 9.18 Å². The minimum absolute atomic E-state index is 0.0655. The lowest BCUT2D eigenvalue weighted by atomic mass is 10.0. The van der Waals surface area contributed by atoms with Crippen molar-refractivity contribution in [3.05, 3.63) is 47.0 Å². The molecule has 6 heteroatoms. The van der Waals surface area contributed by atoms with Crippen molar-refractivity contribution in [3.63, 3.8) is 0 Å². The Morgan fingerprint density at radius 3 is 2.83 bits per heavy atom. The van der Waals surface area contributed by atoms with Gasteiger partial charge in [0.05, 0.1) is 12.2 Å². The summed E-state index contributed by atoms with van der Waals surface area (Å²) < 4.78 is 13.4. The van der Waals surface area contributed by atoms with Crippen LogP contribution < -0.4 is 5.32 Å². The number of hydrogen-bond acceptors (Lipinski definition) is 3. The van der Waals surface area contributed by atoms with Gasteiger partial charge in [-0.05, 0) is 32.9 Å². The lowest BCUT2D eigenvalue weighted by molar-refractivity contribution is 0.189. The molecule has 1 aliphatic heterocycles. The lowest BCUT2D eigenvalue weighted by Crippen LogP contribution is -2.45. The zero-order valence-electron chi connectivity index (χ0n) is 14.1. The first kappa shape index (κ1) is 16.4. The number of fused-ring (bicyclic) bond motifs is 1. The molecule has 0 saturated carbocycles. The number of urea groups is 1. The number of nitrogens with one attached hydrogen (secondary N) is 1. The second kappa shape index (κ2) is 6.55. The van der Waals surface area contributed by atoms with Crippen LogP contribution >= 0.6 is 0 Å². The molecule has 0 fully saturated rings. The highest BCUT2D eigenvalue weighted by Gasteiger charge is 2.24. The minimum atomic E-state index is -0.303. The van der Waals surface area contributed by atoms with Gasteiger partial charge in [-0.15, -0.1) is 0 Å². The van der Waals surface area contributed by atoms with E-state index in [9.17, 15) is 9.18 Å². The fourth-order valence-electron chi connectivity index (χ4n) is 2.85. The van der Waals surface area contributed by atoms with Crippen LogP contribution in [0.1, 0.15) is 30.8 Å². The van der Waals surface area contributed by atoms with Crippen molar-refractivity contribution in [2.45, 2.75) is 39.8 Å². The van der Waals surface area contributed by atoms with E-state index in [1.807, 2.05) is 20.8 Å². The molecule has 1 aromatic carbocycles. The zero-order chi connectivity index (χ0) is 17.3. The summed E-state index contributed by atoms with van der Waals surface area (Å²) >= 11 is 0. The predicted octanol–water partition coefficient (Wildman–Crippen LogP) is 3.07. The predicted molar refractivity (Wildman–Crippen MR) is 89.9 cm³/mol. The van der Waals surface area contributed by atoms with Crippen LogP contribution in [0.25, 0.3) is 11.4 Å². The normalized spacial score (nSPS) is 13.8. The van der Waals surface area contributed by atoms with E-state index in [1.54, 1.807) is 17.0 Å². The van der Waals surface area contributed by atoms with E-state index in [-0.39, 0.29) is 17.9 Å². The van der Waals surface area contributed by atoms with Gasteiger partial charge in [0, 0.05) is 35.8 Å². The first-order valence-electron chi connectivity index (χ1n) is 8.12. The van der Waals surface area contributed by atoms with Crippen molar-refractivity contribution in [2.75, 3.05) is 6.54 Å². The third kappa shape index (κ3) is 3.37. The molecule has 0 aliphatic carbocycles. The smallest absolute Gasteiger partial charge is 0.317 e. The van der Waals surface area contributed by atoms with Crippen molar-refractivity contribution in [2.24, 2.45) is 0 Å². The number of carbonyl (C=O) groups excluding carboxylic acids is 1. The topological polar surface area (TPSA) is 58.1 Å². The van der Waals surface area contributed by atoms with Gasteiger partial charge in [-0.2, -0.15) is 0 Å². The molecule has 1 N–H and O–H groups in total. The molecule has 24 heavy (non-hydrogen) atoms. The van der Waals surface area contributed by atoms with Gasteiger partial charge in [0.1, 0.15) is 5.82 Å². The molecule has 0 radical (unpaired) electrons. The monoisotopic (exact) mass is 328 g/mol. The molecule has 0 saturated heterocycles. The maximum Gasteiger partial charge on any atom is 0.317 e. The third-order valence-electron chi connectivity index (χ3n) is 4.05. The molecule has 2 aromatic rings. The van der Waals surface area contributed by atoms with E-state index in [1.165, 1.54) is 12.1 Å². The SMILES string of the molecule is Cc1nc(-c2cccc(F)c2)nc2c1CN(C(=O)NC(C)C)CC2. The van der Waals surface area contributed by atoms with Gasteiger partial charge in [0.2, 0.25) is 0 Å². The summed E-state index contributed by atoms with van der Waals surface area (Å²) in [4.78, 5) is 23.1. The summed E-state index contributed by atoms with van der Waals surface area (Å²) in [6, 6.07) is 6.33. The second-order valence-electron chi connectivity index (χ2n) is 6.34. The average molecular weight is 328 g/mol. The quantitative estimate of drug-likeness (QED) is 0.922. The first-order valence-corrected chi connectivity index (χ1v) is 8.12. The van der Waals surface area contributed by atoms with Gasteiger partial charge in [-0.25, -0.2) is 19.2 Å². The Morgan fingerprint density at radius 1 is 1.33 bits per heavy atom. The van der Waals surface area contributed by atoms with Crippen LogP contribution in [-0.4, -0.2) is 33.5 Å². The standard InChI is InChI=1S/C18H21FN4O/c1-11(2)20-18(24)23-8-7-16-15(10-23)12(3)21-17(22-16)13-5-4-6-14(19)9-13/h4-6,9,11H,7-8,10H2,1-3H3,(H,20,24). The van der Waals surface area contributed by atoms with Gasteiger partial charge in [-0.3, -0.25) is 0 Å².